The highest BCUT2D eigenvalue weighted by molar-refractivity contribution is 9.10. The van der Waals surface area contributed by atoms with Crippen LogP contribution in [-0.4, -0.2) is 61.7 Å². The molecule has 0 amide bonds. The summed E-state index contributed by atoms with van der Waals surface area (Å²) < 4.78 is 12.2. The fourth-order valence-electron chi connectivity index (χ4n) is 5.71. The lowest BCUT2D eigenvalue weighted by Crippen LogP contribution is -2.36. The van der Waals surface area contributed by atoms with Gasteiger partial charge in [-0.2, -0.15) is 4.98 Å². The van der Waals surface area contributed by atoms with Gasteiger partial charge in [-0.15, -0.1) is 0 Å². The summed E-state index contributed by atoms with van der Waals surface area (Å²) in [7, 11) is 3.11. The summed E-state index contributed by atoms with van der Waals surface area (Å²) in [6, 6.07) is 12.9. The Bertz CT molecular complexity index is 1600. The number of hydrogen-bond donors (Lipinski definition) is 2. The molecule has 1 aliphatic heterocycles. The zero-order chi connectivity index (χ0) is 29.4. The third kappa shape index (κ3) is 6.05. The Labute approximate surface area is 257 Å². The van der Waals surface area contributed by atoms with Crippen LogP contribution < -0.4 is 25.6 Å². The predicted molar refractivity (Wildman–Crippen MR) is 178 cm³/mol. The minimum absolute atomic E-state index is 0.329. The van der Waals surface area contributed by atoms with E-state index in [2.05, 4.69) is 87.0 Å². The van der Waals surface area contributed by atoms with Crippen LogP contribution in [0.1, 0.15) is 42.9 Å². The molecule has 2 fully saturated rings. The first-order valence-electron chi connectivity index (χ1n) is 14.5. The molecule has 4 aromatic rings. The van der Waals surface area contributed by atoms with Crippen molar-refractivity contribution < 1.29 is 9.47 Å². The number of methoxy groups -OCH3 is 2. The summed E-state index contributed by atoms with van der Waals surface area (Å²) in [6.07, 6.45) is 6.63. The van der Waals surface area contributed by atoms with Crippen LogP contribution in [0, 0.1) is 6.92 Å². The Morgan fingerprint density at radius 2 is 1.74 bits per heavy atom. The van der Waals surface area contributed by atoms with Gasteiger partial charge in [0.05, 0.1) is 28.9 Å². The molecule has 0 radical (unpaired) electrons. The van der Waals surface area contributed by atoms with Crippen LogP contribution in [0.2, 0.25) is 0 Å². The van der Waals surface area contributed by atoms with Gasteiger partial charge in [-0.1, -0.05) is 14.0 Å². The summed E-state index contributed by atoms with van der Waals surface area (Å²) in [5.74, 6) is 2.67. The van der Waals surface area contributed by atoms with Crippen molar-refractivity contribution in [3.05, 3.63) is 58.3 Å². The number of anilines is 5. The van der Waals surface area contributed by atoms with Crippen molar-refractivity contribution in [2.24, 2.45) is 0 Å². The largest absolute Gasteiger partial charge is 0.495 e. The number of rotatable bonds is 9. The van der Waals surface area contributed by atoms with Crippen molar-refractivity contribution >= 4 is 68.9 Å². The van der Waals surface area contributed by atoms with Gasteiger partial charge in [0.2, 0.25) is 5.95 Å². The summed E-state index contributed by atoms with van der Waals surface area (Å²) in [5, 5.41) is 9.53. The molecule has 2 N–H and O–H groups in total. The molecule has 0 bridgehead atoms. The van der Waals surface area contributed by atoms with Crippen molar-refractivity contribution in [2.45, 2.75) is 44.6 Å². The predicted octanol–water partition coefficient (Wildman–Crippen LogP) is 7.45. The van der Waals surface area contributed by atoms with Gasteiger partial charge in [0.25, 0.3) is 0 Å². The molecule has 42 heavy (non-hydrogen) atoms. The van der Waals surface area contributed by atoms with Crippen LogP contribution in [0.25, 0.3) is 10.9 Å². The number of piperidine rings is 1. The molecule has 0 spiro atoms. The van der Waals surface area contributed by atoms with Crippen molar-refractivity contribution in [1.82, 2.24) is 15.0 Å². The summed E-state index contributed by atoms with van der Waals surface area (Å²) in [5.41, 5.74) is 6.44. The van der Waals surface area contributed by atoms with E-state index >= 15 is 0 Å². The first-order chi connectivity index (χ1) is 20.3. The number of halogens is 1. The van der Waals surface area contributed by atoms with E-state index < -0.39 is 7.92 Å². The molecule has 8 nitrogen and oxygen atoms in total. The third-order valence-electron chi connectivity index (χ3n) is 8.19. The Balaban J connectivity index is 1.26. The fourth-order valence-corrected chi connectivity index (χ4v) is 7.28. The van der Waals surface area contributed by atoms with Crippen LogP contribution in [0.3, 0.4) is 0 Å². The number of hydrogen-bond acceptors (Lipinski definition) is 8. The lowest BCUT2D eigenvalue weighted by Gasteiger charge is -2.34. The van der Waals surface area contributed by atoms with E-state index in [9.17, 15) is 0 Å². The smallest absolute Gasteiger partial charge is 0.229 e. The number of aromatic nitrogens is 3. The molecule has 1 aliphatic carbocycles. The zero-order valence-electron chi connectivity index (χ0n) is 24.9. The van der Waals surface area contributed by atoms with Gasteiger partial charge in [0.15, 0.2) is 0 Å². The first-order valence-corrected chi connectivity index (χ1v) is 17.5. The molecule has 3 heterocycles. The SMILES string of the molecule is COc1cc(Nc2ncc(Br)c(Nc3ccc4nc(C5CC5)ccc4c3P(C)C)n2)c(C)cc1N1CCC(OC)CC1. The maximum atomic E-state index is 5.82. The average Bonchev–Trinajstić information content (AvgIpc) is 3.85. The van der Waals surface area contributed by atoms with E-state index in [1.807, 2.05) is 6.07 Å². The molecule has 220 valence electrons. The molecule has 0 unspecified atom stereocenters. The first kappa shape index (κ1) is 29.1. The maximum Gasteiger partial charge on any atom is 0.229 e. The maximum absolute atomic E-state index is 5.82. The second-order valence-corrected chi connectivity index (χ2v) is 14.4. The van der Waals surface area contributed by atoms with E-state index in [-0.39, 0.29) is 0 Å². The Morgan fingerprint density at radius 3 is 2.43 bits per heavy atom. The van der Waals surface area contributed by atoms with Gasteiger partial charge >= 0.3 is 0 Å². The molecule has 2 aromatic heterocycles. The van der Waals surface area contributed by atoms with Crippen molar-refractivity contribution in [3.63, 3.8) is 0 Å². The zero-order valence-corrected chi connectivity index (χ0v) is 27.3. The van der Waals surface area contributed by atoms with Gasteiger partial charge in [0.1, 0.15) is 11.6 Å². The molecule has 0 atom stereocenters. The second kappa shape index (κ2) is 12.3. The lowest BCUT2D eigenvalue weighted by atomic mass is 10.1. The average molecular weight is 650 g/mol. The molecular formula is C32H38BrN6O2P. The molecule has 2 aliphatic rings. The number of ether oxygens (including phenoxy) is 2. The van der Waals surface area contributed by atoms with Gasteiger partial charge in [0, 0.05) is 66.1 Å². The molecule has 6 rings (SSSR count). The van der Waals surface area contributed by atoms with E-state index in [0.29, 0.717) is 23.8 Å². The van der Waals surface area contributed by atoms with E-state index in [4.69, 9.17) is 19.4 Å². The molecule has 1 saturated carbocycles. The summed E-state index contributed by atoms with van der Waals surface area (Å²) in [6.45, 7) is 8.55. The van der Waals surface area contributed by atoms with Crippen LogP contribution >= 0.6 is 23.9 Å². The van der Waals surface area contributed by atoms with Gasteiger partial charge in [-0.3, -0.25) is 4.98 Å². The third-order valence-corrected chi connectivity index (χ3v) is 10.1. The van der Waals surface area contributed by atoms with E-state index in [1.54, 1.807) is 20.4 Å². The van der Waals surface area contributed by atoms with E-state index in [1.165, 1.54) is 29.2 Å². The fraction of sp³-hybridized carbons (Fsp3) is 0.406. The Hall–Kier alpha value is -3.00. The molecular weight excluding hydrogens is 611 g/mol. The Kier molecular flexibility index (Phi) is 8.53. The van der Waals surface area contributed by atoms with Gasteiger partial charge in [-0.25, -0.2) is 4.98 Å². The summed E-state index contributed by atoms with van der Waals surface area (Å²) in [4.78, 5) is 16.8. The topological polar surface area (TPSA) is 84.4 Å². The molecule has 2 aromatic carbocycles. The highest BCUT2D eigenvalue weighted by atomic mass is 79.9. The number of pyridine rings is 1. The highest BCUT2D eigenvalue weighted by Crippen LogP contribution is 2.41. The monoisotopic (exact) mass is 648 g/mol. The Morgan fingerprint density at radius 1 is 0.952 bits per heavy atom. The lowest BCUT2D eigenvalue weighted by molar-refractivity contribution is 0.0818. The van der Waals surface area contributed by atoms with E-state index in [0.717, 1.165) is 64.3 Å². The van der Waals surface area contributed by atoms with Crippen LogP contribution in [0.4, 0.5) is 28.8 Å². The van der Waals surface area contributed by atoms with Crippen molar-refractivity contribution in [3.8, 4) is 5.75 Å². The highest BCUT2D eigenvalue weighted by Gasteiger charge is 2.26. The second-order valence-electron chi connectivity index (χ2n) is 11.3. The normalized spacial score (nSPS) is 15.8. The van der Waals surface area contributed by atoms with Crippen molar-refractivity contribution in [1.29, 1.82) is 0 Å². The number of nitrogens with zero attached hydrogens (tertiary/aromatic N) is 4. The number of aryl methyl sites for hydroxylation is 1. The van der Waals surface area contributed by atoms with Gasteiger partial charge < -0.3 is 25.0 Å². The standard InChI is InChI=1S/C32H38BrN6O2P/c1-19-16-28(39-14-12-21(40-2)13-15-39)29(41-3)17-27(19)37-32-34-18-23(33)31(38-32)36-26-11-10-25-22(30(26)42(4)5)8-9-24(35-25)20-6-7-20/h8-11,16-18,20-21H,6-7,12-15H2,1-5H3,(H2,34,36,37,38). The van der Waals surface area contributed by atoms with Crippen LogP contribution in [0.5, 0.6) is 5.75 Å². The van der Waals surface area contributed by atoms with Gasteiger partial charge in [-0.05, 0) is 91.7 Å². The summed E-state index contributed by atoms with van der Waals surface area (Å²) >= 11 is 3.66. The number of nitrogens with one attached hydrogen (secondary N) is 2. The molecule has 1 saturated heterocycles. The minimum atomic E-state index is -0.403. The number of benzene rings is 2. The van der Waals surface area contributed by atoms with Crippen molar-refractivity contribution in [2.75, 3.05) is 56.2 Å². The minimum Gasteiger partial charge on any atom is -0.495 e. The molecule has 10 heteroatoms. The number of fused-ring (bicyclic) bond motifs is 1. The quantitative estimate of drug-likeness (QED) is 0.181. The van der Waals surface area contributed by atoms with Crippen LogP contribution in [0.15, 0.2) is 47.1 Å². The van der Waals surface area contributed by atoms with Crippen LogP contribution in [-0.2, 0) is 4.74 Å².